The number of anilines is 1. The third kappa shape index (κ3) is 2.82. The van der Waals surface area contributed by atoms with Gasteiger partial charge in [0.05, 0.1) is 17.7 Å². The highest BCUT2D eigenvalue weighted by Gasteiger charge is 2.31. The van der Waals surface area contributed by atoms with Gasteiger partial charge in [-0.05, 0) is 44.4 Å². The molecule has 1 amide bonds. The number of aryl methyl sites for hydroxylation is 1. The Morgan fingerprint density at radius 1 is 1.30 bits per heavy atom. The second-order valence-corrected chi connectivity index (χ2v) is 6.09. The molecule has 3 rings (SSSR count). The Labute approximate surface area is 133 Å². The van der Waals surface area contributed by atoms with Crippen LogP contribution in [-0.2, 0) is 16.0 Å². The van der Waals surface area contributed by atoms with Gasteiger partial charge in [0, 0.05) is 11.6 Å². The minimum atomic E-state index is -0.860. The molecule has 3 atom stereocenters. The van der Waals surface area contributed by atoms with Gasteiger partial charge in [-0.25, -0.2) is 0 Å². The molecule has 23 heavy (non-hydrogen) atoms. The molecular formula is C17H19NO5. The monoisotopic (exact) mass is 317 g/mol. The number of carbonyl (C=O) groups is 2. The number of ketones is 1. The van der Waals surface area contributed by atoms with Crippen molar-refractivity contribution < 1.29 is 24.5 Å². The SMILES string of the molecule is CC1=CC2Oc3c(cc(O)cc3NC(=O)C(C)C1=O)CCC2O. The maximum Gasteiger partial charge on any atom is 0.235 e. The summed E-state index contributed by atoms with van der Waals surface area (Å²) in [7, 11) is 0. The summed E-state index contributed by atoms with van der Waals surface area (Å²) >= 11 is 0. The number of hydrogen-bond acceptors (Lipinski definition) is 5. The Balaban J connectivity index is 2.18. The molecule has 0 aliphatic carbocycles. The number of carbonyl (C=O) groups excluding carboxylic acids is 2. The van der Waals surface area contributed by atoms with E-state index in [2.05, 4.69) is 5.32 Å². The van der Waals surface area contributed by atoms with Crippen LogP contribution in [0.3, 0.4) is 0 Å². The topological polar surface area (TPSA) is 95.9 Å². The summed E-state index contributed by atoms with van der Waals surface area (Å²) in [5.74, 6) is -1.20. The molecule has 6 heteroatoms. The maximum atomic E-state index is 12.3. The highest BCUT2D eigenvalue weighted by molar-refractivity contribution is 6.13. The second-order valence-electron chi connectivity index (χ2n) is 6.09. The first-order valence-corrected chi connectivity index (χ1v) is 7.61. The average molecular weight is 317 g/mol. The van der Waals surface area contributed by atoms with Crippen LogP contribution in [-0.4, -0.2) is 34.1 Å². The summed E-state index contributed by atoms with van der Waals surface area (Å²) in [4.78, 5) is 24.6. The lowest BCUT2D eigenvalue weighted by molar-refractivity contribution is -0.128. The quantitative estimate of drug-likeness (QED) is 0.631. The highest BCUT2D eigenvalue weighted by atomic mass is 16.5. The normalized spacial score (nSPS) is 27.4. The molecule has 3 unspecified atom stereocenters. The Morgan fingerprint density at radius 3 is 2.78 bits per heavy atom. The minimum Gasteiger partial charge on any atom is -0.508 e. The van der Waals surface area contributed by atoms with Gasteiger partial charge >= 0.3 is 0 Å². The molecule has 0 saturated heterocycles. The fourth-order valence-electron chi connectivity index (χ4n) is 2.95. The number of amides is 1. The zero-order valence-electron chi connectivity index (χ0n) is 13.0. The van der Waals surface area contributed by atoms with Crippen molar-refractivity contribution in [3.05, 3.63) is 29.3 Å². The molecule has 1 aromatic rings. The number of fused-ring (bicyclic) bond motifs is 1. The fourth-order valence-corrected chi connectivity index (χ4v) is 2.95. The van der Waals surface area contributed by atoms with Crippen LogP contribution in [0.15, 0.2) is 23.8 Å². The summed E-state index contributed by atoms with van der Waals surface area (Å²) < 4.78 is 5.88. The lowest BCUT2D eigenvalue weighted by Gasteiger charge is -2.24. The number of aromatic hydroxyl groups is 1. The minimum absolute atomic E-state index is 0.00153. The Kier molecular flexibility index (Phi) is 3.85. The Morgan fingerprint density at radius 2 is 2.04 bits per heavy atom. The van der Waals surface area contributed by atoms with E-state index in [1.54, 1.807) is 19.1 Å². The molecule has 0 aromatic heterocycles. The van der Waals surface area contributed by atoms with Gasteiger partial charge in [-0.2, -0.15) is 0 Å². The number of phenolic OH excluding ortho intramolecular Hbond substituents is 1. The third-order valence-electron chi connectivity index (χ3n) is 4.34. The van der Waals surface area contributed by atoms with Gasteiger partial charge in [0.25, 0.3) is 0 Å². The van der Waals surface area contributed by atoms with Crippen LogP contribution in [0.25, 0.3) is 0 Å². The predicted molar refractivity (Wildman–Crippen MR) is 83.4 cm³/mol. The van der Waals surface area contributed by atoms with E-state index >= 15 is 0 Å². The highest BCUT2D eigenvalue weighted by Crippen LogP contribution is 2.38. The van der Waals surface area contributed by atoms with Crippen molar-refractivity contribution in [2.45, 2.75) is 38.9 Å². The second kappa shape index (κ2) is 5.70. The van der Waals surface area contributed by atoms with Crippen molar-refractivity contribution in [3.8, 4) is 11.5 Å². The van der Waals surface area contributed by atoms with Crippen LogP contribution in [0.4, 0.5) is 5.69 Å². The number of nitrogens with one attached hydrogen (secondary N) is 1. The number of Topliss-reactive ketones (excluding diaryl/α,β-unsaturated/α-hetero) is 1. The van der Waals surface area contributed by atoms with Gasteiger partial charge in [-0.1, -0.05) is 0 Å². The zero-order valence-corrected chi connectivity index (χ0v) is 13.0. The predicted octanol–water partition coefficient (Wildman–Crippen LogP) is 1.55. The van der Waals surface area contributed by atoms with E-state index in [4.69, 9.17) is 4.74 Å². The number of allylic oxidation sites excluding steroid dienone is 1. The Hall–Kier alpha value is -2.34. The molecule has 2 bridgehead atoms. The van der Waals surface area contributed by atoms with E-state index in [-0.39, 0.29) is 11.5 Å². The van der Waals surface area contributed by atoms with E-state index in [1.807, 2.05) is 0 Å². The summed E-state index contributed by atoms with van der Waals surface area (Å²) in [5.41, 5.74) is 1.42. The largest absolute Gasteiger partial charge is 0.508 e. The molecule has 2 aliphatic heterocycles. The standard InChI is InChI=1S/C17H19NO5/c1-8-5-14-13(20)4-3-10-6-11(19)7-12(16(10)23-14)18-17(22)9(2)15(8)21/h5-7,9,13-14,19-20H,3-4H2,1-2H3,(H,18,22). The van der Waals surface area contributed by atoms with Crippen molar-refractivity contribution in [1.82, 2.24) is 0 Å². The first-order valence-electron chi connectivity index (χ1n) is 7.61. The molecule has 2 heterocycles. The summed E-state index contributed by atoms with van der Waals surface area (Å²) in [5, 5.41) is 22.8. The summed E-state index contributed by atoms with van der Waals surface area (Å²) in [6.45, 7) is 3.15. The molecule has 2 aliphatic rings. The number of phenols is 1. The number of aliphatic hydroxyl groups is 1. The molecule has 0 spiro atoms. The molecular weight excluding hydrogens is 298 g/mol. The van der Waals surface area contributed by atoms with Crippen molar-refractivity contribution in [3.63, 3.8) is 0 Å². The van der Waals surface area contributed by atoms with Crippen LogP contribution >= 0.6 is 0 Å². The van der Waals surface area contributed by atoms with Gasteiger partial charge in [0.1, 0.15) is 17.6 Å². The molecule has 6 nitrogen and oxygen atoms in total. The summed E-state index contributed by atoms with van der Waals surface area (Å²) in [6.07, 6.45) is 1.06. The van der Waals surface area contributed by atoms with E-state index in [0.717, 1.165) is 0 Å². The molecule has 1 aromatic carbocycles. The lowest BCUT2D eigenvalue weighted by Crippen LogP contribution is -2.33. The number of rotatable bonds is 0. The third-order valence-corrected chi connectivity index (χ3v) is 4.34. The van der Waals surface area contributed by atoms with Crippen molar-refractivity contribution in [2.24, 2.45) is 5.92 Å². The lowest BCUT2D eigenvalue weighted by atomic mass is 9.96. The van der Waals surface area contributed by atoms with Crippen LogP contribution in [0.1, 0.15) is 25.8 Å². The van der Waals surface area contributed by atoms with Gasteiger partial charge in [0.15, 0.2) is 5.78 Å². The molecule has 122 valence electrons. The molecule has 0 saturated carbocycles. The maximum absolute atomic E-state index is 12.3. The van der Waals surface area contributed by atoms with Crippen LogP contribution in [0, 0.1) is 5.92 Å². The van der Waals surface area contributed by atoms with E-state index in [0.29, 0.717) is 35.4 Å². The molecule has 3 N–H and O–H groups in total. The van der Waals surface area contributed by atoms with Crippen molar-refractivity contribution in [2.75, 3.05) is 5.32 Å². The fraction of sp³-hybridized carbons (Fsp3) is 0.412. The summed E-state index contributed by atoms with van der Waals surface area (Å²) in [6, 6.07) is 2.96. The van der Waals surface area contributed by atoms with Gasteiger partial charge in [-0.15, -0.1) is 0 Å². The van der Waals surface area contributed by atoms with Crippen LogP contribution in [0.5, 0.6) is 11.5 Å². The van der Waals surface area contributed by atoms with E-state index in [1.165, 1.54) is 13.0 Å². The first kappa shape index (κ1) is 15.6. The first-order chi connectivity index (χ1) is 10.9. The van der Waals surface area contributed by atoms with Crippen LogP contribution in [0.2, 0.25) is 0 Å². The van der Waals surface area contributed by atoms with E-state index < -0.39 is 24.0 Å². The van der Waals surface area contributed by atoms with E-state index in [9.17, 15) is 19.8 Å². The van der Waals surface area contributed by atoms with Crippen molar-refractivity contribution in [1.29, 1.82) is 0 Å². The van der Waals surface area contributed by atoms with Gasteiger partial charge in [0.2, 0.25) is 5.91 Å². The smallest absolute Gasteiger partial charge is 0.235 e. The van der Waals surface area contributed by atoms with Crippen molar-refractivity contribution >= 4 is 17.4 Å². The number of ether oxygens (including phenoxy) is 1. The number of hydrogen-bond donors (Lipinski definition) is 3. The van der Waals surface area contributed by atoms with Crippen LogP contribution < -0.4 is 10.1 Å². The van der Waals surface area contributed by atoms with Gasteiger partial charge < -0.3 is 20.3 Å². The Bertz CT molecular complexity index is 709. The number of benzene rings is 1. The number of aliphatic hydroxyl groups excluding tert-OH is 1. The molecule has 0 radical (unpaired) electrons. The average Bonchev–Trinajstić information content (AvgIpc) is 2.65. The molecule has 0 fully saturated rings. The van der Waals surface area contributed by atoms with Gasteiger partial charge in [-0.3, -0.25) is 9.59 Å². The zero-order chi connectivity index (χ0) is 16.7.